The number of carbonyl (C=O) groups excluding carboxylic acids is 1. The smallest absolute Gasteiger partial charge is 0.251 e. The minimum absolute atomic E-state index is 0.00301. The van der Waals surface area contributed by atoms with Gasteiger partial charge in [-0.15, -0.1) is 0 Å². The van der Waals surface area contributed by atoms with Gasteiger partial charge in [0, 0.05) is 18.2 Å². The molecule has 0 bridgehead atoms. The Morgan fingerprint density at radius 2 is 2.16 bits per heavy atom. The molecule has 1 aliphatic heterocycles. The van der Waals surface area contributed by atoms with Crippen molar-refractivity contribution in [1.29, 1.82) is 0 Å². The summed E-state index contributed by atoms with van der Waals surface area (Å²) in [5, 5.41) is 6.43. The molecule has 0 aromatic heterocycles. The van der Waals surface area contributed by atoms with Gasteiger partial charge >= 0.3 is 0 Å². The van der Waals surface area contributed by atoms with E-state index in [4.69, 9.17) is 4.74 Å². The Balaban J connectivity index is 1.91. The maximum Gasteiger partial charge on any atom is 0.251 e. The van der Waals surface area contributed by atoms with Crippen LogP contribution in [0, 0.1) is 0 Å². The predicted octanol–water partition coefficient (Wildman–Crippen LogP) is 1.96. The minimum atomic E-state index is -0.00301. The molecule has 1 aromatic rings. The number of hydrogen-bond donors (Lipinski definition) is 2. The fourth-order valence-electron chi connectivity index (χ4n) is 2.28. The van der Waals surface area contributed by atoms with E-state index in [-0.39, 0.29) is 11.9 Å². The molecule has 0 aliphatic carbocycles. The second kappa shape index (κ2) is 7.14. The Morgan fingerprint density at radius 1 is 1.37 bits per heavy atom. The zero-order valence-electron chi connectivity index (χ0n) is 11.4. The first-order valence-corrected chi connectivity index (χ1v) is 7.04. The third-order valence-electron chi connectivity index (χ3n) is 3.31. The summed E-state index contributed by atoms with van der Waals surface area (Å²) in [6.45, 7) is 4.50. The topological polar surface area (TPSA) is 50.4 Å². The lowest BCUT2D eigenvalue weighted by molar-refractivity contribution is 0.0935. The molecule has 1 aromatic carbocycles. The van der Waals surface area contributed by atoms with Crippen molar-refractivity contribution in [1.82, 2.24) is 10.6 Å². The van der Waals surface area contributed by atoms with Crippen LogP contribution < -0.4 is 15.4 Å². The van der Waals surface area contributed by atoms with Gasteiger partial charge in [-0.25, -0.2) is 0 Å². The van der Waals surface area contributed by atoms with Gasteiger partial charge in [0.05, 0.1) is 6.61 Å². The molecular weight excluding hydrogens is 240 g/mol. The summed E-state index contributed by atoms with van der Waals surface area (Å²) >= 11 is 0. The molecule has 2 rings (SSSR count). The quantitative estimate of drug-likeness (QED) is 0.872. The molecule has 1 atom stereocenters. The van der Waals surface area contributed by atoms with Crippen LogP contribution in [0.3, 0.4) is 0 Å². The molecule has 1 amide bonds. The normalized spacial score (nSPS) is 19.5. The van der Waals surface area contributed by atoms with Crippen molar-refractivity contribution >= 4 is 5.91 Å². The second-order valence-corrected chi connectivity index (χ2v) is 4.83. The maximum absolute atomic E-state index is 12.1. The van der Waals surface area contributed by atoms with Crippen LogP contribution >= 0.6 is 0 Å². The molecule has 104 valence electrons. The van der Waals surface area contributed by atoms with Gasteiger partial charge < -0.3 is 15.4 Å². The number of benzene rings is 1. The molecule has 2 N–H and O–H groups in total. The first-order chi connectivity index (χ1) is 9.29. The Labute approximate surface area is 114 Å². The number of nitrogens with one attached hydrogen (secondary N) is 2. The molecule has 4 heteroatoms. The number of rotatable bonds is 4. The van der Waals surface area contributed by atoms with Gasteiger partial charge in [0.1, 0.15) is 5.75 Å². The summed E-state index contributed by atoms with van der Waals surface area (Å²) in [5.41, 5.74) is 0.688. The van der Waals surface area contributed by atoms with Crippen molar-refractivity contribution in [3.63, 3.8) is 0 Å². The zero-order chi connectivity index (χ0) is 13.5. The number of amides is 1. The Hall–Kier alpha value is -1.55. The first-order valence-electron chi connectivity index (χ1n) is 7.04. The average molecular weight is 262 g/mol. The maximum atomic E-state index is 12.1. The van der Waals surface area contributed by atoms with E-state index in [1.54, 1.807) is 0 Å². The van der Waals surface area contributed by atoms with Gasteiger partial charge in [-0.2, -0.15) is 0 Å². The highest BCUT2D eigenvalue weighted by atomic mass is 16.5. The van der Waals surface area contributed by atoms with Gasteiger partial charge in [-0.3, -0.25) is 4.79 Å². The van der Waals surface area contributed by atoms with E-state index >= 15 is 0 Å². The van der Waals surface area contributed by atoms with E-state index in [1.165, 1.54) is 12.8 Å². The standard InChI is InChI=1S/C15H22N2O2/c1-2-19-14-8-6-12(7-9-14)15(18)17-13-5-3-4-10-16-11-13/h6-9,13,16H,2-5,10-11H2,1H3,(H,17,18). The summed E-state index contributed by atoms with van der Waals surface area (Å²) in [6.07, 6.45) is 3.41. The van der Waals surface area contributed by atoms with Crippen LogP contribution in [0.5, 0.6) is 5.75 Å². The molecule has 0 spiro atoms. The van der Waals surface area contributed by atoms with Crippen LogP contribution in [-0.4, -0.2) is 31.6 Å². The predicted molar refractivity (Wildman–Crippen MR) is 75.6 cm³/mol. The molecule has 19 heavy (non-hydrogen) atoms. The fraction of sp³-hybridized carbons (Fsp3) is 0.533. The molecular formula is C15H22N2O2. The summed E-state index contributed by atoms with van der Waals surface area (Å²) in [4.78, 5) is 12.1. The highest BCUT2D eigenvalue weighted by Crippen LogP contribution is 2.12. The first kappa shape index (κ1) is 13.9. The average Bonchev–Trinajstić information content (AvgIpc) is 2.68. The minimum Gasteiger partial charge on any atom is -0.494 e. The van der Waals surface area contributed by atoms with E-state index in [9.17, 15) is 4.79 Å². The van der Waals surface area contributed by atoms with Crippen LogP contribution in [-0.2, 0) is 0 Å². The number of carbonyl (C=O) groups is 1. The van der Waals surface area contributed by atoms with Crippen LogP contribution in [0.1, 0.15) is 36.5 Å². The summed E-state index contributed by atoms with van der Waals surface area (Å²) in [7, 11) is 0. The third-order valence-corrected chi connectivity index (χ3v) is 3.31. The third kappa shape index (κ3) is 4.24. The molecule has 1 aliphatic rings. The lowest BCUT2D eigenvalue weighted by Crippen LogP contribution is -2.40. The van der Waals surface area contributed by atoms with Crippen LogP contribution in [0.4, 0.5) is 0 Å². The summed E-state index contributed by atoms with van der Waals surface area (Å²) < 4.78 is 5.37. The molecule has 0 saturated carbocycles. The molecule has 1 heterocycles. The SMILES string of the molecule is CCOc1ccc(C(=O)NC2CCCCNC2)cc1. The van der Waals surface area contributed by atoms with Crippen molar-refractivity contribution in [3.05, 3.63) is 29.8 Å². The lowest BCUT2D eigenvalue weighted by atomic mass is 10.1. The monoisotopic (exact) mass is 262 g/mol. The van der Waals surface area contributed by atoms with Crippen molar-refractivity contribution in [3.8, 4) is 5.75 Å². The Morgan fingerprint density at radius 3 is 2.89 bits per heavy atom. The number of ether oxygens (including phenoxy) is 1. The summed E-state index contributed by atoms with van der Waals surface area (Å²) in [5.74, 6) is 0.798. The van der Waals surface area contributed by atoms with Crippen molar-refractivity contribution in [2.24, 2.45) is 0 Å². The molecule has 1 saturated heterocycles. The van der Waals surface area contributed by atoms with Gasteiger partial charge in [0.25, 0.3) is 5.91 Å². The second-order valence-electron chi connectivity index (χ2n) is 4.83. The highest BCUT2D eigenvalue weighted by Gasteiger charge is 2.15. The van der Waals surface area contributed by atoms with Gasteiger partial charge in [-0.05, 0) is 50.6 Å². The van der Waals surface area contributed by atoms with Gasteiger partial charge in [-0.1, -0.05) is 6.42 Å². The van der Waals surface area contributed by atoms with E-state index < -0.39 is 0 Å². The van der Waals surface area contributed by atoms with Crippen molar-refractivity contribution in [2.75, 3.05) is 19.7 Å². The van der Waals surface area contributed by atoms with Crippen molar-refractivity contribution in [2.45, 2.75) is 32.2 Å². The molecule has 4 nitrogen and oxygen atoms in total. The molecule has 0 radical (unpaired) electrons. The van der Waals surface area contributed by atoms with Gasteiger partial charge in [0.15, 0.2) is 0 Å². The van der Waals surface area contributed by atoms with E-state index in [2.05, 4.69) is 10.6 Å². The van der Waals surface area contributed by atoms with Crippen LogP contribution in [0.25, 0.3) is 0 Å². The summed E-state index contributed by atoms with van der Waals surface area (Å²) in [6, 6.07) is 7.53. The van der Waals surface area contributed by atoms with Crippen molar-refractivity contribution < 1.29 is 9.53 Å². The van der Waals surface area contributed by atoms with Gasteiger partial charge in [0.2, 0.25) is 0 Å². The number of hydrogen-bond acceptors (Lipinski definition) is 3. The molecule has 1 fully saturated rings. The molecule has 1 unspecified atom stereocenters. The Kier molecular flexibility index (Phi) is 5.21. The van der Waals surface area contributed by atoms with Crippen LogP contribution in [0.15, 0.2) is 24.3 Å². The van der Waals surface area contributed by atoms with Crippen LogP contribution in [0.2, 0.25) is 0 Å². The van der Waals surface area contributed by atoms with E-state index in [1.807, 2.05) is 31.2 Å². The Bertz CT molecular complexity index is 395. The van der Waals surface area contributed by atoms with E-state index in [0.29, 0.717) is 12.2 Å². The highest BCUT2D eigenvalue weighted by molar-refractivity contribution is 5.94. The zero-order valence-corrected chi connectivity index (χ0v) is 11.4. The fourth-order valence-corrected chi connectivity index (χ4v) is 2.28. The lowest BCUT2D eigenvalue weighted by Gasteiger charge is -2.16. The van der Waals surface area contributed by atoms with E-state index in [0.717, 1.165) is 25.3 Å². The largest absolute Gasteiger partial charge is 0.494 e.